The lowest BCUT2D eigenvalue weighted by Crippen LogP contribution is -2.09. The van der Waals surface area contributed by atoms with Gasteiger partial charge in [0.05, 0.1) is 29.3 Å². The third kappa shape index (κ3) is 5.40. The molecule has 0 bridgehead atoms. The summed E-state index contributed by atoms with van der Waals surface area (Å²) in [6.45, 7) is 4.78. The molecule has 0 aliphatic rings. The Labute approximate surface area is 120 Å². The van der Waals surface area contributed by atoms with E-state index in [0.717, 1.165) is 37.2 Å². The Bertz CT molecular complexity index is 452. The normalized spacial score (nSPS) is 10.9. The molecule has 0 heterocycles. The van der Waals surface area contributed by atoms with E-state index in [9.17, 15) is 0 Å². The van der Waals surface area contributed by atoms with Crippen molar-refractivity contribution < 1.29 is 4.74 Å². The van der Waals surface area contributed by atoms with E-state index < -0.39 is 0 Å². The van der Waals surface area contributed by atoms with E-state index >= 15 is 0 Å². The maximum absolute atomic E-state index is 8.93. The summed E-state index contributed by atoms with van der Waals surface area (Å²) in [5.41, 5.74) is 0.661. The van der Waals surface area contributed by atoms with Crippen LogP contribution in [0.2, 0.25) is 5.02 Å². The molecule has 0 spiro atoms. The number of hydrogen-bond acceptors (Lipinski definition) is 3. The molecule has 1 rings (SSSR count). The fourth-order valence-electron chi connectivity index (χ4n) is 1.74. The first kappa shape index (κ1) is 15.7. The van der Waals surface area contributed by atoms with Crippen molar-refractivity contribution in [2.75, 3.05) is 19.0 Å². The van der Waals surface area contributed by atoms with Crippen molar-refractivity contribution in [3.8, 4) is 11.8 Å². The highest BCUT2D eigenvalue weighted by atomic mass is 35.5. The van der Waals surface area contributed by atoms with E-state index in [4.69, 9.17) is 21.6 Å². The molecule has 0 fully saturated rings. The van der Waals surface area contributed by atoms with Crippen LogP contribution in [0.3, 0.4) is 0 Å². The molecule has 0 radical (unpaired) electrons. The summed E-state index contributed by atoms with van der Waals surface area (Å²) in [5, 5.41) is 12.9. The molecule has 1 aromatic carbocycles. The molecule has 19 heavy (non-hydrogen) atoms. The molecule has 3 nitrogen and oxygen atoms in total. The van der Waals surface area contributed by atoms with Gasteiger partial charge in [-0.2, -0.15) is 5.26 Å². The van der Waals surface area contributed by atoms with Gasteiger partial charge >= 0.3 is 0 Å². The summed E-state index contributed by atoms with van der Waals surface area (Å²) in [6.07, 6.45) is 2.95. The highest BCUT2D eigenvalue weighted by Gasteiger charge is 2.15. The second-order valence-electron chi connectivity index (χ2n) is 5.23. The third-order valence-corrected chi connectivity index (χ3v) is 3.35. The summed E-state index contributed by atoms with van der Waals surface area (Å²) in [6, 6.07) is 7.86. The van der Waals surface area contributed by atoms with E-state index in [-0.39, 0.29) is 5.41 Å². The molecule has 4 heteroatoms. The van der Waals surface area contributed by atoms with Crippen LogP contribution < -0.4 is 10.1 Å². The molecule has 0 saturated heterocycles. The summed E-state index contributed by atoms with van der Waals surface area (Å²) in [7, 11) is 1.64. The molecule has 104 valence electrons. The van der Waals surface area contributed by atoms with E-state index in [1.807, 2.05) is 32.0 Å². The van der Waals surface area contributed by atoms with E-state index in [1.54, 1.807) is 7.11 Å². The second-order valence-corrected chi connectivity index (χ2v) is 5.63. The van der Waals surface area contributed by atoms with Crippen molar-refractivity contribution in [1.29, 1.82) is 5.26 Å². The number of rotatable bonds is 7. The van der Waals surface area contributed by atoms with Crippen molar-refractivity contribution in [1.82, 2.24) is 0 Å². The number of nitrogens with zero attached hydrogens (tertiary/aromatic N) is 1. The van der Waals surface area contributed by atoms with Gasteiger partial charge in [-0.15, -0.1) is 0 Å². The Morgan fingerprint density at radius 1 is 1.37 bits per heavy atom. The van der Waals surface area contributed by atoms with Crippen LogP contribution in [0.25, 0.3) is 0 Å². The Hall–Kier alpha value is -1.40. The highest BCUT2D eigenvalue weighted by molar-refractivity contribution is 6.33. The van der Waals surface area contributed by atoms with Gasteiger partial charge in [0.15, 0.2) is 0 Å². The first-order valence-corrected chi connectivity index (χ1v) is 6.85. The largest absolute Gasteiger partial charge is 0.497 e. The monoisotopic (exact) mass is 280 g/mol. The number of halogens is 1. The summed E-state index contributed by atoms with van der Waals surface area (Å²) in [5.74, 6) is 0.789. The van der Waals surface area contributed by atoms with Crippen LogP contribution >= 0.6 is 11.6 Å². The zero-order chi connectivity index (χ0) is 14.3. The highest BCUT2D eigenvalue weighted by Crippen LogP contribution is 2.27. The van der Waals surface area contributed by atoms with Crippen molar-refractivity contribution >= 4 is 17.3 Å². The topological polar surface area (TPSA) is 45.0 Å². The smallest absolute Gasteiger partial charge is 0.121 e. The first-order valence-electron chi connectivity index (χ1n) is 6.47. The second kappa shape index (κ2) is 7.25. The predicted octanol–water partition coefficient (Wildman–Crippen LogP) is 4.48. The maximum Gasteiger partial charge on any atom is 0.121 e. The van der Waals surface area contributed by atoms with Gasteiger partial charge in [0.25, 0.3) is 0 Å². The van der Waals surface area contributed by atoms with Crippen molar-refractivity contribution in [2.24, 2.45) is 5.41 Å². The number of hydrogen-bond donors (Lipinski definition) is 1. The van der Waals surface area contributed by atoms with Gasteiger partial charge in [-0.1, -0.05) is 18.0 Å². The number of anilines is 1. The minimum atomic E-state index is -0.229. The van der Waals surface area contributed by atoms with Gasteiger partial charge in [-0.05, 0) is 38.8 Å². The molecule has 0 saturated carbocycles. The SMILES string of the molecule is COc1ccc(Cl)c(NCCCCC(C)(C)C#N)c1. The average molecular weight is 281 g/mol. The number of methoxy groups -OCH3 is 1. The maximum atomic E-state index is 8.93. The zero-order valence-corrected chi connectivity index (χ0v) is 12.5. The van der Waals surface area contributed by atoms with Gasteiger partial charge in [0.1, 0.15) is 5.75 Å². The van der Waals surface area contributed by atoms with Gasteiger partial charge in [-0.3, -0.25) is 0 Å². The van der Waals surface area contributed by atoms with Crippen LogP contribution in [0.15, 0.2) is 18.2 Å². The molecular formula is C15H21ClN2O. The van der Waals surface area contributed by atoms with Gasteiger partial charge < -0.3 is 10.1 Å². The Kier molecular flexibility index (Phi) is 5.98. The summed E-state index contributed by atoms with van der Waals surface area (Å²) in [4.78, 5) is 0. The minimum absolute atomic E-state index is 0.229. The first-order chi connectivity index (χ1) is 8.98. The van der Waals surface area contributed by atoms with Crippen LogP contribution in [0.5, 0.6) is 5.75 Å². The summed E-state index contributed by atoms with van der Waals surface area (Å²) >= 11 is 6.10. The molecule has 0 atom stereocenters. The number of nitriles is 1. The molecule has 0 amide bonds. The summed E-state index contributed by atoms with van der Waals surface area (Å²) < 4.78 is 5.16. The minimum Gasteiger partial charge on any atom is -0.497 e. The lowest BCUT2D eigenvalue weighted by Gasteiger charge is -2.15. The van der Waals surface area contributed by atoms with Crippen molar-refractivity contribution in [3.05, 3.63) is 23.2 Å². The van der Waals surface area contributed by atoms with Crippen LogP contribution in [0.4, 0.5) is 5.69 Å². The molecule has 0 aliphatic carbocycles. The fraction of sp³-hybridized carbons (Fsp3) is 0.533. The number of ether oxygens (including phenoxy) is 1. The Morgan fingerprint density at radius 2 is 2.11 bits per heavy atom. The number of benzene rings is 1. The van der Waals surface area contributed by atoms with Crippen LogP contribution in [0.1, 0.15) is 33.1 Å². The Morgan fingerprint density at radius 3 is 2.74 bits per heavy atom. The molecule has 0 unspecified atom stereocenters. The molecule has 0 aliphatic heterocycles. The lowest BCUT2D eigenvalue weighted by molar-refractivity contribution is 0.415. The van der Waals surface area contributed by atoms with Crippen LogP contribution in [-0.2, 0) is 0 Å². The average Bonchev–Trinajstić information content (AvgIpc) is 2.40. The van der Waals surface area contributed by atoms with Gasteiger partial charge in [0, 0.05) is 12.6 Å². The Balaban J connectivity index is 2.36. The molecular weight excluding hydrogens is 260 g/mol. The predicted molar refractivity (Wildman–Crippen MR) is 79.7 cm³/mol. The van der Waals surface area contributed by atoms with Gasteiger partial charge in [-0.25, -0.2) is 0 Å². The van der Waals surface area contributed by atoms with Crippen LogP contribution in [0, 0.1) is 16.7 Å². The fourth-order valence-corrected chi connectivity index (χ4v) is 1.92. The van der Waals surface area contributed by atoms with Crippen LogP contribution in [-0.4, -0.2) is 13.7 Å². The van der Waals surface area contributed by atoms with E-state index in [2.05, 4.69) is 11.4 Å². The van der Waals surface area contributed by atoms with E-state index in [1.165, 1.54) is 0 Å². The van der Waals surface area contributed by atoms with Gasteiger partial charge in [0.2, 0.25) is 0 Å². The quantitative estimate of drug-likeness (QED) is 0.749. The third-order valence-electron chi connectivity index (χ3n) is 3.02. The molecule has 0 aromatic heterocycles. The van der Waals surface area contributed by atoms with Crippen molar-refractivity contribution in [3.63, 3.8) is 0 Å². The van der Waals surface area contributed by atoms with E-state index in [0.29, 0.717) is 5.02 Å². The van der Waals surface area contributed by atoms with Crippen molar-refractivity contribution in [2.45, 2.75) is 33.1 Å². The molecule has 1 N–H and O–H groups in total. The lowest BCUT2D eigenvalue weighted by atomic mass is 9.89. The number of unbranched alkanes of at least 4 members (excludes halogenated alkanes) is 1. The zero-order valence-electron chi connectivity index (χ0n) is 11.8. The molecule has 1 aromatic rings. The number of nitrogens with one attached hydrogen (secondary N) is 1. The standard InChI is InChI=1S/C15H21ClN2O/c1-15(2,11-17)8-4-5-9-18-14-10-12(19-3)6-7-13(14)16/h6-7,10,18H,4-5,8-9H2,1-3H3.